The highest BCUT2D eigenvalue weighted by molar-refractivity contribution is 5.78. The smallest absolute Gasteiger partial charge is 0.234 e. The van der Waals surface area contributed by atoms with Crippen molar-refractivity contribution in [3.05, 3.63) is 0 Å². The van der Waals surface area contributed by atoms with Crippen LogP contribution < -0.4 is 11.1 Å². The van der Waals surface area contributed by atoms with Crippen molar-refractivity contribution in [2.75, 3.05) is 39.9 Å². The summed E-state index contributed by atoms with van der Waals surface area (Å²) in [7, 11) is 1.68. The molecule has 0 aromatic carbocycles. The highest BCUT2D eigenvalue weighted by Gasteiger charge is 2.18. The summed E-state index contributed by atoms with van der Waals surface area (Å²) in [5.41, 5.74) is 5.82. The number of rotatable bonds is 6. The summed E-state index contributed by atoms with van der Waals surface area (Å²) in [4.78, 5) is 13.8. The summed E-state index contributed by atoms with van der Waals surface area (Å²) < 4.78 is 5.02. The Morgan fingerprint density at radius 3 is 2.76 bits per heavy atom. The van der Waals surface area contributed by atoms with Crippen LogP contribution in [0.25, 0.3) is 0 Å². The first-order valence-electron chi connectivity index (χ1n) is 6.35. The monoisotopic (exact) mass is 243 g/mol. The maximum Gasteiger partial charge on any atom is 0.234 e. The fourth-order valence-electron chi connectivity index (χ4n) is 2.00. The topological polar surface area (TPSA) is 67.6 Å². The average Bonchev–Trinajstić information content (AvgIpc) is 2.30. The van der Waals surface area contributed by atoms with Gasteiger partial charge in [-0.05, 0) is 18.8 Å². The number of methoxy groups -OCH3 is 1. The number of hydrogen-bond acceptors (Lipinski definition) is 4. The van der Waals surface area contributed by atoms with Gasteiger partial charge < -0.3 is 15.8 Å². The van der Waals surface area contributed by atoms with Crippen LogP contribution >= 0.6 is 0 Å². The second-order valence-electron chi connectivity index (χ2n) is 4.98. The van der Waals surface area contributed by atoms with Gasteiger partial charge in [-0.15, -0.1) is 0 Å². The van der Waals surface area contributed by atoms with Crippen molar-refractivity contribution in [3.63, 3.8) is 0 Å². The van der Waals surface area contributed by atoms with Gasteiger partial charge in [0, 0.05) is 32.8 Å². The number of nitrogens with one attached hydrogen (secondary N) is 1. The van der Waals surface area contributed by atoms with Gasteiger partial charge in [0.05, 0.1) is 13.2 Å². The van der Waals surface area contributed by atoms with Crippen LogP contribution in [0.5, 0.6) is 0 Å². The number of ether oxygens (including phenoxy) is 1. The second-order valence-corrected chi connectivity index (χ2v) is 4.98. The molecule has 1 saturated heterocycles. The summed E-state index contributed by atoms with van der Waals surface area (Å²) in [5.74, 6) is 0.460. The van der Waals surface area contributed by atoms with Gasteiger partial charge in [-0.3, -0.25) is 9.69 Å². The molecule has 100 valence electrons. The normalized spacial score (nSPS) is 20.2. The van der Waals surface area contributed by atoms with Crippen molar-refractivity contribution in [2.45, 2.75) is 25.8 Å². The minimum Gasteiger partial charge on any atom is -0.384 e. The van der Waals surface area contributed by atoms with Crippen LogP contribution in [0.4, 0.5) is 0 Å². The first-order chi connectivity index (χ1) is 8.11. The zero-order chi connectivity index (χ0) is 12.7. The molecule has 1 aliphatic rings. The molecule has 5 heteroatoms. The first kappa shape index (κ1) is 14.4. The Bertz CT molecular complexity index is 228. The van der Waals surface area contributed by atoms with E-state index in [2.05, 4.69) is 17.1 Å². The standard InChI is InChI=1S/C12H25N3O2/c1-10(9-17-2)7-14-12(16)8-15-5-3-11(13)4-6-15/h10-11H,3-9,13H2,1-2H3,(H,14,16). The Balaban J connectivity index is 2.12. The largest absolute Gasteiger partial charge is 0.384 e. The lowest BCUT2D eigenvalue weighted by Crippen LogP contribution is -2.45. The summed E-state index contributed by atoms with van der Waals surface area (Å²) in [5, 5.41) is 2.93. The summed E-state index contributed by atoms with van der Waals surface area (Å²) in [6.45, 7) is 5.78. The Morgan fingerprint density at radius 1 is 1.53 bits per heavy atom. The number of carbonyl (C=O) groups is 1. The van der Waals surface area contributed by atoms with Gasteiger partial charge in [-0.2, -0.15) is 0 Å². The quantitative estimate of drug-likeness (QED) is 0.678. The van der Waals surface area contributed by atoms with E-state index in [0.29, 0.717) is 31.7 Å². The predicted octanol–water partition coefficient (Wildman–Crippen LogP) is -0.192. The average molecular weight is 243 g/mol. The number of carbonyl (C=O) groups excluding carboxylic acids is 1. The highest BCUT2D eigenvalue weighted by Crippen LogP contribution is 2.07. The number of amides is 1. The van der Waals surface area contributed by atoms with Crippen molar-refractivity contribution in [2.24, 2.45) is 11.7 Å². The fourth-order valence-corrected chi connectivity index (χ4v) is 2.00. The molecular formula is C12H25N3O2. The molecule has 5 nitrogen and oxygen atoms in total. The maximum absolute atomic E-state index is 11.7. The minimum absolute atomic E-state index is 0.100. The number of likely N-dealkylation sites (tertiary alicyclic amines) is 1. The van der Waals surface area contributed by atoms with E-state index in [0.717, 1.165) is 25.9 Å². The van der Waals surface area contributed by atoms with Crippen LogP contribution in [-0.2, 0) is 9.53 Å². The Morgan fingerprint density at radius 2 is 2.18 bits per heavy atom. The van der Waals surface area contributed by atoms with E-state index < -0.39 is 0 Å². The Kier molecular flexibility index (Phi) is 6.47. The van der Waals surface area contributed by atoms with E-state index in [1.54, 1.807) is 7.11 Å². The van der Waals surface area contributed by atoms with E-state index >= 15 is 0 Å². The number of nitrogens with two attached hydrogens (primary N) is 1. The van der Waals surface area contributed by atoms with Crippen molar-refractivity contribution < 1.29 is 9.53 Å². The molecule has 0 radical (unpaired) electrons. The van der Waals surface area contributed by atoms with Crippen LogP contribution in [0.2, 0.25) is 0 Å². The molecule has 0 spiro atoms. The third-order valence-corrected chi connectivity index (χ3v) is 3.10. The van der Waals surface area contributed by atoms with Crippen LogP contribution in [0.3, 0.4) is 0 Å². The van der Waals surface area contributed by atoms with Gasteiger partial charge in [0.2, 0.25) is 5.91 Å². The summed E-state index contributed by atoms with van der Waals surface area (Å²) in [6, 6.07) is 0.316. The van der Waals surface area contributed by atoms with E-state index in [9.17, 15) is 4.79 Å². The van der Waals surface area contributed by atoms with Crippen LogP contribution in [0.1, 0.15) is 19.8 Å². The van der Waals surface area contributed by atoms with E-state index in [-0.39, 0.29) is 5.91 Å². The SMILES string of the molecule is COCC(C)CNC(=O)CN1CCC(N)CC1. The molecule has 1 heterocycles. The zero-order valence-corrected chi connectivity index (χ0v) is 10.9. The molecule has 3 N–H and O–H groups in total. The minimum atomic E-state index is 0.100. The van der Waals surface area contributed by atoms with Gasteiger partial charge in [0.25, 0.3) is 0 Å². The Labute approximate surface area is 104 Å². The van der Waals surface area contributed by atoms with Gasteiger partial charge in [-0.25, -0.2) is 0 Å². The van der Waals surface area contributed by atoms with Crippen molar-refractivity contribution >= 4 is 5.91 Å². The molecule has 1 amide bonds. The number of piperidine rings is 1. The van der Waals surface area contributed by atoms with Gasteiger partial charge >= 0.3 is 0 Å². The molecular weight excluding hydrogens is 218 g/mol. The lowest BCUT2D eigenvalue weighted by Gasteiger charge is -2.29. The molecule has 1 atom stereocenters. The molecule has 1 aliphatic heterocycles. The highest BCUT2D eigenvalue weighted by atomic mass is 16.5. The molecule has 1 rings (SSSR count). The first-order valence-corrected chi connectivity index (χ1v) is 6.35. The van der Waals surface area contributed by atoms with E-state index in [1.807, 2.05) is 0 Å². The molecule has 17 heavy (non-hydrogen) atoms. The third-order valence-electron chi connectivity index (χ3n) is 3.10. The number of hydrogen-bond donors (Lipinski definition) is 2. The van der Waals surface area contributed by atoms with E-state index in [1.165, 1.54) is 0 Å². The second kappa shape index (κ2) is 7.63. The number of nitrogens with zero attached hydrogens (tertiary/aromatic N) is 1. The molecule has 0 saturated carbocycles. The van der Waals surface area contributed by atoms with Crippen LogP contribution in [-0.4, -0.2) is 56.7 Å². The molecule has 0 aliphatic carbocycles. The summed E-state index contributed by atoms with van der Waals surface area (Å²) in [6.07, 6.45) is 1.99. The molecule has 0 bridgehead atoms. The predicted molar refractivity (Wildman–Crippen MR) is 67.7 cm³/mol. The van der Waals surface area contributed by atoms with Crippen molar-refractivity contribution in [1.82, 2.24) is 10.2 Å². The molecule has 1 fully saturated rings. The van der Waals surface area contributed by atoms with Gasteiger partial charge in [0.1, 0.15) is 0 Å². The molecule has 1 unspecified atom stereocenters. The molecule has 0 aromatic heterocycles. The van der Waals surface area contributed by atoms with Crippen LogP contribution in [0.15, 0.2) is 0 Å². The lowest BCUT2D eigenvalue weighted by molar-refractivity contribution is -0.122. The third kappa shape index (κ3) is 6.00. The van der Waals surface area contributed by atoms with Crippen molar-refractivity contribution in [3.8, 4) is 0 Å². The summed E-state index contributed by atoms with van der Waals surface area (Å²) >= 11 is 0. The van der Waals surface area contributed by atoms with Crippen LogP contribution in [0, 0.1) is 5.92 Å². The van der Waals surface area contributed by atoms with Gasteiger partial charge in [0.15, 0.2) is 0 Å². The van der Waals surface area contributed by atoms with Crippen molar-refractivity contribution in [1.29, 1.82) is 0 Å². The lowest BCUT2D eigenvalue weighted by atomic mass is 10.1. The zero-order valence-electron chi connectivity index (χ0n) is 10.9. The molecule has 0 aromatic rings. The fraction of sp³-hybridized carbons (Fsp3) is 0.917. The van der Waals surface area contributed by atoms with Gasteiger partial charge in [-0.1, -0.05) is 6.92 Å². The van der Waals surface area contributed by atoms with E-state index in [4.69, 9.17) is 10.5 Å². The maximum atomic E-state index is 11.7. The Hall–Kier alpha value is -0.650.